The summed E-state index contributed by atoms with van der Waals surface area (Å²) in [4.78, 5) is 29.6. The second-order valence-corrected chi connectivity index (χ2v) is 6.91. The monoisotopic (exact) mass is 356 g/mol. The molecular weight excluding hydrogens is 344 g/mol. The molecule has 3 heterocycles. The van der Waals surface area contributed by atoms with E-state index >= 15 is 0 Å². The number of aromatic nitrogens is 1. The number of amides is 2. The highest BCUT2D eigenvalue weighted by atomic mass is 32.1. The summed E-state index contributed by atoms with van der Waals surface area (Å²) in [5.41, 5.74) is 3.22. The molecule has 0 fully saturated rings. The summed E-state index contributed by atoms with van der Waals surface area (Å²) in [5.74, 6) is -0.148. The number of fused-ring (bicyclic) bond motifs is 1. The molecule has 0 saturated heterocycles. The normalized spacial score (nSPS) is 13.5. The molecule has 5 nitrogen and oxygen atoms in total. The molecule has 0 aliphatic carbocycles. The minimum Gasteiger partial charge on any atom is -0.482 e. The number of carbonyl (C=O) groups is 2. The van der Waals surface area contributed by atoms with Crippen LogP contribution >= 0.6 is 22.7 Å². The second kappa shape index (κ2) is 5.85. The second-order valence-electron chi connectivity index (χ2n) is 5.27. The predicted octanol–water partition coefficient (Wildman–Crippen LogP) is 3.81. The topological polar surface area (TPSA) is 59.5 Å². The van der Waals surface area contributed by atoms with Crippen LogP contribution in [0.3, 0.4) is 0 Å². The average molecular weight is 356 g/mol. The van der Waals surface area contributed by atoms with Crippen LogP contribution in [0.15, 0.2) is 40.4 Å². The molecule has 1 aliphatic rings. The van der Waals surface area contributed by atoms with Crippen LogP contribution in [-0.4, -0.2) is 23.4 Å². The number of thiazole rings is 1. The molecule has 1 aliphatic heterocycles. The van der Waals surface area contributed by atoms with Crippen molar-refractivity contribution in [1.29, 1.82) is 0 Å². The number of hydrogen-bond donors (Lipinski definition) is 0. The van der Waals surface area contributed by atoms with Gasteiger partial charge < -0.3 is 4.74 Å². The van der Waals surface area contributed by atoms with Crippen LogP contribution in [-0.2, 0) is 9.59 Å². The molecule has 0 saturated carbocycles. The Labute approximate surface area is 146 Å². The van der Waals surface area contributed by atoms with E-state index in [2.05, 4.69) is 10.4 Å². The number of hydrogen-bond acceptors (Lipinski definition) is 6. The third-order valence-corrected chi connectivity index (χ3v) is 5.26. The number of imide groups is 1. The number of nitrogens with zero attached hydrogens (tertiary/aromatic N) is 2. The first-order valence-electron chi connectivity index (χ1n) is 7.22. The highest BCUT2D eigenvalue weighted by Gasteiger charge is 2.29. The Kier molecular flexibility index (Phi) is 3.66. The van der Waals surface area contributed by atoms with Crippen molar-refractivity contribution in [3.05, 3.63) is 40.4 Å². The Bertz CT molecular complexity index is 931. The zero-order valence-electron chi connectivity index (χ0n) is 12.7. The SMILES string of the molecule is CC(=O)N1C(=O)COc2ccc(-c3csc(-c4ccsc4)n3)cc21. The van der Waals surface area contributed by atoms with Crippen LogP contribution in [0.1, 0.15) is 6.92 Å². The number of ether oxygens (including phenoxy) is 1. The summed E-state index contributed by atoms with van der Waals surface area (Å²) >= 11 is 3.19. The fourth-order valence-electron chi connectivity index (χ4n) is 2.58. The number of carbonyl (C=O) groups excluding carboxylic acids is 2. The minimum absolute atomic E-state index is 0.120. The number of rotatable bonds is 2. The average Bonchev–Trinajstić information content (AvgIpc) is 3.25. The lowest BCUT2D eigenvalue weighted by Gasteiger charge is -2.27. The van der Waals surface area contributed by atoms with Crippen LogP contribution in [0, 0.1) is 0 Å². The largest absolute Gasteiger partial charge is 0.482 e. The number of anilines is 1. The van der Waals surface area contributed by atoms with Gasteiger partial charge in [0.2, 0.25) is 5.91 Å². The van der Waals surface area contributed by atoms with Crippen molar-refractivity contribution >= 4 is 40.2 Å². The van der Waals surface area contributed by atoms with E-state index in [0.29, 0.717) is 11.4 Å². The van der Waals surface area contributed by atoms with Gasteiger partial charge >= 0.3 is 0 Å². The fourth-order valence-corrected chi connectivity index (χ4v) is 4.12. The van der Waals surface area contributed by atoms with Crippen molar-refractivity contribution < 1.29 is 14.3 Å². The first kappa shape index (κ1) is 15.0. The van der Waals surface area contributed by atoms with Gasteiger partial charge in [-0.05, 0) is 29.6 Å². The zero-order valence-corrected chi connectivity index (χ0v) is 14.3. The highest BCUT2D eigenvalue weighted by molar-refractivity contribution is 7.14. The summed E-state index contributed by atoms with van der Waals surface area (Å²) in [6.07, 6.45) is 0. The van der Waals surface area contributed by atoms with E-state index in [1.165, 1.54) is 6.92 Å². The third kappa shape index (κ3) is 2.51. The lowest BCUT2D eigenvalue weighted by molar-refractivity contribution is -0.127. The minimum atomic E-state index is -0.357. The lowest BCUT2D eigenvalue weighted by atomic mass is 10.1. The van der Waals surface area contributed by atoms with Gasteiger partial charge in [0.05, 0.1) is 11.4 Å². The summed E-state index contributed by atoms with van der Waals surface area (Å²) in [6.45, 7) is 1.25. The molecule has 2 aromatic heterocycles. The van der Waals surface area contributed by atoms with Crippen LogP contribution in [0.25, 0.3) is 21.8 Å². The van der Waals surface area contributed by atoms with Crippen molar-refractivity contribution in [2.75, 3.05) is 11.5 Å². The third-order valence-electron chi connectivity index (χ3n) is 3.68. The molecule has 0 spiro atoms. The van der Waals surface area contributed by atoms with Gasteiger partial charge in [0.15, 0.2) is 6.61 Å². The zero-order chi connectivity index (χ0) is 16.7. The first-order valence-corrected chi connectivity index (χ1v) is 9.04. The summed E-state index contributed by atoms with van der Waals surface area (Å²) in [6, 6.07) is 7.47. The van der Waals surface area contributed by atoms with Crippen molar-refractivity contribution in [1.82, 2.24) is 4.98 Å². The summed E-state index contributed by atoms with van der Waals surface area (Å²) in [7, 11) is 0. The highest BCUT2D eigenvalue weighted by Crippen LogP contribution is 2.37. The molecule has 0 bridgehead atoms. The van der Waals surface area contributed by atoms with E-state index in [9.17, 15) is 9.59 Å². The Morgan fingerprint density at radius 1 is 1.25 bits per heavy atom. The van der Waals surface area contributed by atoms with Crippen LogP contribution in [0.5, 0.6) is 5.75 Å². The first-order chi connectivity index (χ1) is 11.6. The molecule has 3 aromatic rings. The van der Waals surface area contributed by atoms with E-state index in [0.717, 1.165) is 26.7 Å². The van der Waals surface area contributed by atoms with E-state index in [1.807, 2.05) is 22.9 Å². The van der Waals surface area contributed by atoms with Gasteiger partial charge in [-0.1, -0.05) is 0 Å². The van der Waals surface area contributed by atoms with E-state index in [-0.39, 0.29) is 18.4 Å². The van der Waals surface area contributed by atoms with E-state index in [4.69, 9.17) is 4.74 Å². The predicted molar refractivity (Wildman–Crippen MR) is 94.5 cm³/mol. The fraction of sp³-hybridized carbons (Fsp3) is 0.118. The van der Waals surface area contributed by atoms with E-state index in [1.54, 1.807) is 34.8 Å². The maximum absolute atomic E-state index is 12.0. The van der Waals surface area contributed by atoms with Gasteiger partial charge in [0.1, 0.15) is 10.8 Å². The van der Waals surface area contributed by atoms with Gasteiger partial charge in [-0.3, -0.25) is 9.59 Å². The lowest BCUT2D eigenvalue weighted by Crippen LogP contribution is -2.41. The van der Waals surface area contributed by atoms with E-state index < -0.39 is 0 Å². The summed E-state index contributed by atoms with van der Waals surface area (Å²) in [5, 5.41) is 6.99. The molecule has 0 N–H and O–H groups in total. The Balaban J connectivity index is 1.76. The quantitative estimate of drug-likeness (QED) is 0.700. The van der Waals surface area contributed by atoms with Crippen molar-refractivity contribution in [3.63, 3.8) is 0 Å². The molecule has 120 valence electrons. The van der Waals surface area contributed by atoms with Gasteiger partial charge in [-0.15, -0.1) is 11.3 Å². The maximum Gasteiger partial charge on any atom is 0.271 e. The molecule has 24 heavy (non-hydrogen) atoms. The number of benzene rings is 1. The van der Waals surface area contributed by atoms with Gasteiger partial charge in [-0.25, -0.2) is 9.88 Å². The molecule has 2 amide bonds. The standard InChI is InChI=1S/C17H12N2O3S2/c1-10(20)19-14-6-11(2-3-15(14)22-7-16(19)21)13-9-24-17(18-13)12-4-5-23-8-12/h2-6,8-9H,7H2,1H3. The van der Waals surface area contributed by atoms with Gasteiger partial charge in [0.25, 0.3) is 5.91 Å². The van der Waals surface area contributed by atoms with Gasteiger partial charge in [-0.2, -0.15) is 11.3 Å². The number of thiophene rings is 1. The van der Waals surface area contributed by atoms with Crippen molar-refractivity contribution in [3.8, 4) is 27.6 Å². The molecule has 0 unspecified atom stereocenters. The van der Waals surface area contributed by atoms with Gasteiger partial charge in [0, 0.05) is 28.8 Å². The molecule has 0 radical (unpaired) electrons. The summed E-state index contributed by atoms with van der Waals surface area (Å²) < 4.78 is 5.41. The molecule has 7 heteroatoms. The Hall–Kier alpha value is -2.51. The Morgan fingerprint density at radius 2 is 2.12 bits per heavy atom. The molecule has 0 atom stereocenters. The van der Waals surface area contributed by atoms with Crippen molar-refractivity contribution in [2.24, 2.45) is 0 Å². The van der Waals surface area contributed by atoms with Crippen LogP contribution in [0.2, 0.25) is 0 Å². The maximum atomic E-state index is 12.0. The molecule has 1 aromatic carbocycles. The molecular formula is C17H12N2O3S2. The smallest absolute Gasteiger partial charge is 0.271 e. The van der Waals surface area contributed by atoms with Crippen LogP contribution < -0.4 is 9.64 Å². The Morgan fingerprint density at radius 3 is 2.88 bits per heavy atom. The molecule has 4 rings (SSSR count). The van der Waals surface area contributed by atoms with Crippen LogP contribution in [0.4, 0.5) is 5.69 Å². The van der Waals surface area contributed by atoms with Crippen molar-refractivity contribution in [2.45, 2.75) is 6.92 Å².